The molecule has 1 aliphatic rings. The number of amides is 2. The van der Waals surface area contributed by atoms with Gasteiger partial charge in [0.05, 0.1) is 22.6 Å². The number of H-pyrrole nitrogens is 1. The Morgan fingerprint density at radius 1 is 1.18 bits per heavy atom. The topological polar surface area (TPSA) is 118 Å². The second kappa shape index (κ2) is 9.50. The van der Waals surface area contributed by atoms with Gasteiger partial charge >= 0.3 is 12.4 Å². The first-order valence-electron chi connectivity index (χ1n) is 10.6. The lowest BCUT2D eigenvalue weighted by atomic mass is 10.0. The van der Waals surface area contributed by atoms with Crippen molar-refractivity contribution in [2.75, 3.05) is 17.2 Å². The molecule has 202 valence electrons. The van der Waals surface area contributed by atoms with Gasteiger partial charge in [-0.05, 0) is 38.1 Å². The summed E-state index contributed by atoms with van der Waals surface area (Å²) in [7, 11) is 0. The van der Waals surface area contributed by atoms with Crippen molar-refractivity contribution in [3.8, 4) is 22.8 Å². The zero-order chi connectivity index (χ0) is 28.0. The van der Waals surface area contributed by atoms with Crippen LogP contribution in [-0.2, 0) is 11.0 Å². The number of alkyl halides is 6. The molecule has 1 atom stereocenters. The summed E-state index contributed by atoms with van der Waals surface area (Å²) in [4.78, 5) is 28.5. The zero-order valence-electron chi connectivity index (χ0n) is 19.3. The van der Waals surface area contributed by atoms with Gasteiger partial charge in [-0.3, -0.25) is 14.7 Å². The number of ether oxygens (including phenoxy) is 2. The number of benzene rings is 1. The van der Waals surface area contributed by atoms with Crippen LogP contribution in [-0.4, -0.2) is 45.9 Å². The van der Waals surface area contributed by atoms with Crippen LogP contribution in [0.5, 0.6) is 11.5 Å². The van der Waals surface area contributed by atoms with Crippen molar-refractivity contribution in [1.82, 2.24) is 15.2 Å². The maximum atomic E-state index is 15.2. The van der Waals surface area contributed by atoms with Crippen LogP contribution in [0.2, 0.25) is 0 Å². The molecule has 0 unspecified atom stereocenters. The number of fused-ring (bicyclic) bond motifs is 1. The van der Waals surface area contributed by atoms with Crippen molar-refractivity contribution >= 4 is 23.3 Å². The van der Waals surface area contributed by atoms with Crippen LogP contribution >= 0.6 is 0 Å². The van der Waals surface area contributed by atoms with Gasteiger partial charge in [0, 0.05) is 5.56 Å². The lowest BCUT2D eigenvalue weighted by Gasteiger charge is -2.21. The Bertz CT molecular complexity index is 1420. The number of carbonyl (C=O) groups is 2. The van der Waals surface area contributed by atoms with Gasteiger partial charge in [0.2, 0.25) is 0 Å². The Hall–Kier alpha value is -4.37. The van der Waals surface area contributed by atoms with Crippen molar-refractivity contribution in [2.24, 2.45) is 0 Å². The van der Waals surface area contributed by atoms with E-state index in [0.29, 0.717) is 13.0 Å². The number of hydrogen-bond donors (Lipinski definition) is 3. The second-order valence-corrected chi connectivity index (χ2v) is 8.03. The third kappa shape index (κ3) is 5.33. The van der Waals surface area contributed by atoms with E-state index >= 15 is 4.39 Å². The predicted octanol–water partition coefficient (Wildman–Crippen LogP) is 4.85. The molecule has 1 aliphatic heterocycles. The van der Waals surface area contributed by atoms with E-state index in [2.05, 4.69) is 20.5 Å². The Balaban J connectivity index is 1.78. The molecule has 4 rings (SSSR count). The Morgan fingerprint density at radius 2 is 1.89 bits per heavy atom. The Kier molecular flexibility index (Phi) is 6.67. The fourth-order valence-electron chi connectivity index (χ4n) is 3.36. The molecule has 3 heterocycles. The van der Waals surface area contributed by atoms with Gasteiger partial charge in [-0.2, -0.15) is 31.4 Å². The normalized spacial score (nSPS) is 14.3. The van der Waals surface area contributed by atoms with Crippen molar-refractivity contribution in [3.63, 3.8) is 0 Å². The summed E-state index contributed by atoms with van der Waals surface area (Å²) in [6.07, 6.45) is -12.4. The number of halogens is 7. The maximum absolute atomic E-state index is 15.2. The van der Waals surface area contributed by atoms with Crippen molar-refractivity contribution < 1.29 is 49.8 Å². The fraction of sp³-hybridized carbons (Fsp3) is 0.273. The highest BCUT2D eigenvalue weighted by Gasteiger charge is 2.40. The van der Waals surface area contributed by atoms with Gasteiger partial charge in [0.15, 0.2) is 30.0 Å². The number of nitrogens with one attached hydrogen (secondary N) is 3. The van der Waals surface area contributed by atoms with Gasteiger partial charge in [-0.1, -0.05) is 0 Å². The summed E-state index contributed by atoms with van der Waals surface area (Å²) < 4.78 is 105. The highest BCUT2D eigenvalue weighted by atomic mass is 19.4. The quantitative estimate of drug-likeness (QED) is 0.393. The van der Waals surface area contributed by atoms with E-state index < -0.39 is 64.3 Å². The number of nitrogens with zero attached hydrogens (tertiary/aromatic N) is 2. The van der Waals surface area contributed by atoms with E-state index in [1.54, 1.807) is 0 Å². The Labute approximate surface area is 208 Å². The standard InChI is InChI=1S/C22H16F7N5O4/c1-8-17(18(34-33-8)22(27,28)29)32-20(36)11-5-12(23)10(6-15(11)38-9(2)21(24,25)26)13-3-4-14-19(30-13)31-16(35)7-37-14/h3-6,9H,7H2,1-2H3,(H,32,36)(H,33,34)(H,30,31,35)/t9-/m0/s1. The average Bonchev–Trinajstić information content (AvgIpc) is 3.19. The number of aryl methyl sites for hydroxylation is 1. The van der Waals surface area contributed by atoms with E-state index in [4.69, 9.17) is 9.47 Å². The molecule has 2 aromatic heterocycles. The summed E-state index contributed by atoms with van der Waals surface area (Å²) >= 11 is 0. The van der Waals surface area contributed by atoms with Crippen molar-refractivity contribution in [1.29, 1.82) is 0 Å². The van der Waals surface area contributed by atoms with Gasteiger partial charge in [-0.15, -0.1) is 0 Å². The number of anilines is 2. The van der Waals surface area contributed by atoms with E-state index in [0.717, 1.165) is 13.0 Å². The smallest absolute Gasteiger partial charge is 0.437 e. The first kappa shape index (κ1) is 26.7. The van der Waals surface area contributed by atoms with Crippen LogP contribution in [0.3, 0.4) is 0 Å². The highest BCUT2D eigenvalue weighted by Crippen LogP contribution is 2.38. The summed E-state index contributed by atoms with van der Waals surface area (Å²) in [6, 6.07) is 3.83. The van der Waals surface area contributed by atoms with Gasteiger partial charge < -0.3 is 20.1 Å². The molecule has 0 fully saturated rings. The van der Waals surface area contributed by atoms with Crippen molar-refractivity contribution in [3.05, 3.63) is 47.0 Å². The molecule has 0 saturated heterocycles. The molecule has 3 N–H and O–H groups in total. The molecule has 3 aromatic rings. The maximum Gasteiger partial charge on any atom is 0.437 e. The molecule has 0 saturated carbocycles. The third-order valence-electron chi connectivity index (χ3n) is 5.28. The van der Waals surface area contributed by atoms with Gasteiger partial charge in [0.1, 0.15) is 11.6 Å². The van der Waals surface area contributed by atoms with Crippen molar-refractivity contribution in [2.45, 2.75) is 32.3 Å². The molecule has 2 amide bonds. The largest absolute Gasteiger partial charge is 0.480 e. The number of hydrogen-bond acceptors (Lipinski definition) is 6. The molecule has 9 nitrogen and oxygen atoms in total. The summed E-state index contributed by atoms with van der Waals surface area (Å²) in [6.45, 7) is 1.50. The molecule has 0 aliphatic carbocycles. The molecule has 16 heteroatoms. The first-order valence-corrected chi connectivity index (χ1v) is 10.6. The minimum atomic E-state index is -4.98. The molecular formula is C22H16F7N5O4. The third-order valence-corrected chi connectivity index (χ3v) is 5.28. The summed E-state index contributed by atoms with van der Waals surface area (Å²) in [5.41, 5.74) is -3.93. The Morgan fingerprint density at radius 3 is 2.55 bits per heavy atom. The number of aromatic amines is 1. The molecule has 38 heavy (non-hydrogen) atoms. The number of pyridine rings is 1. The number of rotatable bonds is 5. The monoisotopic (exact) mass is 547 g/mol. The second-order valence-electron chi connectivity index (χ2n) is 8.03. The molecule has 1 aromatic carbocycles. The average molecular weight is 547 g/mol. The summed E-state index contributed by atoms with van der Waals surface area (Å²) in [5, 5.41) is 9.43. The van der Waals surface area contributed by atoms with E-state index in [1.807, 2.05) is 5.32 Å². The van der Waals surface area contributed by atoms with Crippen LogP contribution in [0.4, 0.5) is 42.2 Å². The van der Waals surface area contributed by atoms with Gasteiger partial charge in [-0.25, -0.2) is 9.37 Å². The van der Waals surface area contributed by atoms with Crippen LogP contribution in [0.15, 0.2) is 24.3 Å². The highest BCUT2D eigenvalue weighted by molar-refractivity contribution is 6.07. The van der Waals surface area contributed by atoms with Crippen LogP contribution in [0.25, 0.3) is 11.3 Å². The summed E-state index contributed by atoms with van der Waals surface area (Å²) in [5.74, 6) is -3.83. The van der Waals surface area contributed by atoms with E-state index in [9.17, 15) is 35.9 Å². The van der Waals surface area contributed by atoms with Crippen LogP contribution in [0, 0.1) is 12.7 Å². The molecule has 0 bridgehead atoms. The zero-order valence-corrected chi connectivity index (χ0v) is 19.3. The van der Waals surface area contributed by atoms with E-state index in [-0.39, 0.29) is 29.6 Å². The molecule has 0 radical (unpaired) electrons. The van der Waals surface area contributed by atoms with Crippen LogP contribution in [0.1, 0.15) is 28.7 Å². The lowest BCUT2D eigenvalue weighted by molar-refractivity contribution is -0.189. The minimum Gasteiger partial charge on any atom is -0.480 e. The number of aromatic nitrogens is 3. The van der Waals surface area contributed by atoms with Crippen LogP contribution < -0.4 is 20.1 Å². The predicted molar refractivity (Wildman–Crippen MR) is 116 cm³/mol. The van der Waals surface area contributed by atoms with Gasteiger partial charge in [0.25, 0.3) is 11.8 Å². The SMILES string of the molecule is Cc1[nH]nc(C(F)(F)F)c1NC(=O)c1cc(F)c(-c2ccc3c(n2)NC(=O)CO3)cc1O[C@@H](C)C(F)(F)F. The fourth-order valence-corrected chi connectivity index (χ4v) is 3.36. The molecule has 0 spiro atoms. The molecular weight excluding hydrogens is 531 g/mol. The van der Waals surface area contributed by atoms with E-state index in [1.165, 1.54) is 12.1 Å². The first-order chi connectivity index (χ1) is 17.6. The minimum absolute atomic E-state index is 0.0822. The number of carbonyl (C=O) groups excluding carboxylic acids is 2. The lowest BCUT2D eigenvalue weighted by Crippen LogP contribution is -2.32.